The van der Waals surface area contributed by atoms with E-state index in [1.54, 1.807) is 0 Å². The van der Waals surface area contributed by atoms with Crippen LogP contribution in [-0.2, 0) is 0 Å². The van der Waals surface area contributed by atoms with Gasteiger partial charge in [-0.25, -0.2) is 0 Å². The Bertz CT molecular complexity index is 375. The maximum absolute atomic E-state index is 12.2. The van der Waals surface area contributed by atoms with Crippen molar-refractivity contribution in [1.82, 2.24) is 13.6 Å². The molecule has 9 heteroatoms. The highest BCUT2D eigenvalue weighted by molar-refractivity contribution is 6.99. The number of nitrogens with zero attached hydrogens (tertiary/aromatic N) is 4. The Kier molecular flexibility index (Phi) is 3.74. The summed E-state index contributed by atoms with van der Waals surface area (Å²) in [5.41, 5.74) is 0. The molecule has 96 valence electrons. The fraction of sp³-hybridized carbons (Fsp3) is 0.750. The number of aromatic nitrogens is 2. The third-order valence-corrected chi connectivity index (χ3v) is 3.38. The molecular formula is C8H10ClF3N4S. The Labute approximate surface area is 105 Å². The van der Waals surface area contributed by atoms with Crippen LogP contribution in [-0.4, -0.2) is 52.5 Å². The fourth-order valence-electron chi connectivity index (χ4n) is 1.73. The van der Waals surface area contributed by atoms with Gasteiger partial charge in [-0.2, -0.15) is 21.9 Å². The van der Waals surface area contributed by atoms with Crippen molar-refractivity contribution in [2.75, 3.05) is 37.6 Å². The number of anilines is 1. The van der Waals surface area contributed by atoms with Gasteiger partial charge in [0.25, 0.3) is 0 Å². The second-order valence-corrected chi connectivity index (χ2v) is 4.64. The molecule has 0 bridgehead atoms. The predicted octanol–water partition coefficient (Wildman–Crippen LogP) is 1.88. The van der Waals surface area contributed by atoms with Gasteiger partial charge in [0, 0.05) is 26.2 Å². The Morgan fingerprint density at radius 3 is 2.29 bits per heavy atom. The van der Waals surface area contributed by atoms with Gasteiger partial charge < -0.3 is 4.90 Å². The number of hydrogen-bond donors (Lipinski definition) is 0. The van der Waals surface area contributed by atoms with Gasteiger partial charge in [0.05, 0.1) is 18.3 Å². The zero-order valence-electron chi connectivity index (χ0n) is 8.74. The highest BCUT2D eigenvalue weighted by Crippen LogP contribution is 2.24. The minimum Gasteiger partial charge on any atom is -0.351 e. The Hall–Kier alpha value is -0.600. The van der Waals surface area contributed by atoms with E-state index in [0.29, 0.717) is 37.1 Å². The van der Waals surface area contributed by atoms with Gasteiger partial charge in [0.2, 0.25) is 0 Å². The zero-order valence-corrected chi connectivity index (χ0v) is 10.3. The van der Waals surface area contributed by atoms with Crippen LogP contribution in [0.1, 0.15) is 0 Å². The van der Waals surface area contributed by atoms with Crippen molar-refractivity contribution >= 4 is 29.1 Å². The third kappa shape index (κ3) is 3.43. The van der Waals surface area contributed by atoms with Crippen LogP contribution >= 0.6 is 23.3 Å². The summed E-state index contributed by atoms with van der Waals surface area (Å²) in [6.45, 7) is 0.826. The molecule has 0 aliphatic carbocycles. The zero-order chi connectivity index (χ0) is 12.5. The first kappa shape index (κ1) is 12.8. The molecule has 0 unspecified atom stereocenters. The molecule has 17 heavy (non-hydrogen) atoms. The van der Waals surface area contributed by atoms with Crippen molar-refractivity contribution in [3.8, 4) is 0 Å². The lowest BCUT2D eigenvalue weighted by atomic mass is 10.3. The highest BCUT2D eigenvalue weighted by atomic mass is 35.5. The van der Waals surface area contributed by atoms with Crippen LogP contribution in [0.2, 0.25) is 5.15 Å². The monoisotopic (exact) mass is 286 g/mol. The summed E-state index contributed by atoms with van der Waals surface area (Å²) in [5.74, 6) is 0.573. The molecule has 0 N–H and O–H groups in total. The van der Waals surface area contributed by atoms with E-state index in [9.17, 15) is 13.2 Å². The molecule has 0 atom stereocenters. The molecule has 1 saturated heterocycles. The lowest BCUT2D eigenvalue weighted by molar-refractivity contribution is -0.146. The first-order chi connectivity index (χ1) is 7.96. The summed E-state index contributed by atoms with van der Waals surface area (Å²) < 4.78 is 44.4. The van der Waals surface area contributed by atoms with Crippen molar-refractivity contribution in [1.29, 1.82) is 0 Å². The standard InChI is InChI=1S/C8H10ClF3N4S/c9-6-7(14-17-13-6)16-3-1-15(2-4-16)5-8(10,11)12/h1-5H2. The topological polar surface area (TPSA) is 32.3 Å². The van der Waals surface area contributed by atoms with Crippen LogP contribution in [0.4, 0.5) is 19.0 Å². The average molecular weight is 287 g/mol. The van der Waals surface area contributed by atoms with Crippen LogP contribution in [0, 0.1) is 0 Å². The van der Waals surface area contributed by atoms with Gasteiger partial charge in [-0.05, 0) is 0 Å². The van der Waals surface area contributed by atoms with Crippen molar-refractivity contribution in [2.24, 2.45) is 0 Å². The number of rotatable bonds is 2. The molecule has 4 nitrogen and oxygen atoms in total. The van der Waals surface area contributed by atoms with Crippen LogP contribution in [0.15, 0.2) is 0 Å². The van der Waals surface area contributed by atoms with E-state index >= 15 is 0 Å². The van der Waals surface area contributed by atoms with E-state index in [2.05, 4.69) is 8.75 Å². The van der Waals surface area contributed by atoms with Crippen LogP contribution in [0.25, 0.3) is 0 Å². The quantitative estimate of drug-likeness (QED) is 0.831. The van der Waals surface area contributed by atoms with Gasteiger partial charge in [-0.1, -0.05) is 11.6 Å². The van der Waals surface area contributed by atoms with Gasteiger partial charge in [-0.3, -0.25) is 4.90 Å². The SMILES string of the molecule is FC(F)(F)CN1CCN(c2nsnc2Cl)CC1. The maximum atomic E-state index is 12.2. The first-order valence-electron chi connectivity index (χ1n) is 4.98. The van der Waals surface area contributed by atoms with E-state index in [1.807, 2.05) is 4.90 Å². The Balaban J connectivity index is 1.88. The smallest absolute Gasteiger partial charge is 0.351 e. The minimum absolute atomic E-state index is 0.319. The van der Waals surface area contributed by atoms with Crippen molar-refractivity contribution < 1.29 is 13.2 Å². The van der Waals surface area contributed by atoms with Crippen LogP contribution in [0.5, 0.6) is 0 Å². The van der Waals surface area contributed by atoms with E-state index in [-0.39, 0.29) is 0 Å². The van der Waals surface area contributed by atoms with E-state index in [0.717, 1.165) is 11.7 Å². The average Bonchev–Trinajstić information content (AvgIpc) is 2.63. The van der Waals surface area contributed by atoms with Gasteiger partial charge >= 0.3 is 6.18 Å². The molecule has 1 aromatic heterocycles. The summed E-state index contributed by atoms with van der Waals surface area (Å²) in [7, 11) is 0. The molecule has 1 fully saturated rings. The third-order valence-electron chi connectivity index (χ3n) is 2.51. The van der Waals surface area contributed by atoms with Crippen molar-refractivity contribution in [3.05, 3.63) is 5.15 Å². The minimum atomic E-state index is -4.14. The summed E-state index contributed by atoms with van der Waals surface area (Å²) >= 11 is 6.82. The normalized spacial score (nSPS) is 18.7. The van der Waals surface area contributed by atoms with Gasteiger partial charge in [0.15, 0.2) is 11.0 Å². The van der Waals surface area contributed by atoms with Gasteiger partial charge in [-0.15, -0.1) is 0 Å². The van der Waals surface area contributed by atoms with Crippen LogP contribution in [0.3, 0.4) is 0 Å². The molecule has 1 aliphatic heterocycles. The lowest BCUT2D eigenvalue weighted by Gasteiger charge is -2.34. The molecule has 2 rings (SSSR count). The summed E-state index contributed by atoms with van der Waals surface area (Å²) in [6, 6.07) is 0. The predicted molar refractivity (Wildman–Crippen MR) is 59.6 cm³/mol. The largest absolute Gasteiger partial charge is 0.401 e. The first-order valence-corrected chi connectivity index (χ1v) is 6.08. The second-order valence-electron chi connectivity index (χ2n) is 3.76. The molecular weight excluding hydrogens is 277 g/mol. The molecule has 0 radical (unpaired) electrons. The Morgan fingerprint density at radius 2 is 1.82 bits per heavy atom. The number of alkyl halides is 3. The molecule has 1 aromatic rings. The van der Waals surface area contributed by atoms with Gasteiger partial charge in [0.1, 0.15) is 0 Å². The number of hydrogen-bond acceptors (Lipinski definition) is 5. The van der Waals surface area contributed by atoms with Crippen LogP contribution < -0.4 is 4.90 Å². The molecule has 0 amide bonds. The summed E-state index contributed by atoms with van der Waals surface area (Å²) in [4.78, 5) is 3.24. The van der Waals surface area contributed by atoms with E-state index < -0.39 is 12.7 Å². The molecule has 0 saturated carbocycles. The fourth-order valence-corrected chi connectivity index (χ4v) is 2.51. The molecule has 0 spiro atoms. The molecule has 1 aliphatic rings. The second kappa shape index (κ2) is 4.95. The highest BCUT2D eigenvalue weighted by Gasteiger charge is 2.32. The molecule has 2 heterocycles. The summed E-state index contributed by atoms with van der Waals surface area (Å²) in [6.07, 6.45) is -4.14. The van der Waals surface area contributed by atoms with Crippen molar-refractivity contribution in [2.45, 2.75) is 6.18 Å². The number of halogens is 4. The lowest BCUT2D eigenvalue weighted by Crippen LogP contribution is -2.49. The maximum Gasteiger partial charge on any atom is 0.401 e. The molecule has 0 aromatic carbocycles. The van der Waals surface area contributed by atoms with E-state index in [1.165, 1.54) is 4.90 Å². The van der Waals surface area contributed by atoms with E-state index in [4.69, 9.17) is 11.6 Å². The number of piperazine rings is 1. The summed E-state index contributed by atoms with van der Waals surface area (Å²) in [5, 5.41) is 0.319. The Morgan fingerprint density at radius 1 is 1.18 bits per heavy atom. The van der Waals surface area contributed by atoms with Crippen molar-refractivity contribution in [3.63, 3.8) is 0 Å².